The van der Waals surface area contributed by atoms with Crippen LogP contribution in [-0.4, -0.2) is 29.8 Å². The van der Waals surface area contributed by atoms with Gasteiger partial charge in [-0.15, -0.1) is 12.4 Å². The van der Waals surface area contributed by atoms with E-state index >= 15 is 0 Å². The summed E-state index contributed by atoms with van der Waals surface area (Å²) in [7, 11) is 0. The summed E-state index contributed by atoms with van der Waals surface area (Å²) in [6, 6.07) is 0. The molecule has 1 aliphatic heterocycles. The normalized spacial score (nSPS) is 45.9. The fourth-order valence-electron chi connectivity index (χ4n) is 1.79. The lowest BCUT2D eigenvalue weighted by molar-refractivity contribution is -0.146. The topological polar surface area (TPSA) is 49.3 Å². The molecule has 2 rings (SSSR count). The molecule has 2 N–H and O–H groups in total. The van der Waals surface area contributed by atoms with Gasteiger partial charge in [0.25, 0.3) is 0 Å². The first-order chi connectivity index (χ1) is 4.67. The van der Waals surface area contributed by atoms with E-state index in [9.17, 15) is 9.18 Å². The highest BCUT2D eigenvalue weighted by Gasteiger charge is 2.73. The summed E-state index contributed by atoms with van der Waals surface area (Å²) in [5, 5.41) is 11.3. The number of rotatable bonds is 1. The van der Waals surface area contributed by atoms with Crippen molar-refractivity contribution in [1.82, 2.24) is 5.32 Å². The fraction of sp³-hybridized carbons (Fsp3) is 0.833. The van der Waals surface area contributed by atoms with Gasteiger partial charge in [-0.2, -0.15) is 0 Å². The Hall–Kier alpha value is -0.350. The quantitative estimate of drug-likeness (QED) is 0.601. The maximum Gasteiger partial charge on any atom is 0.342 e. The molecule has 1 saturated heterocycles. The predicted molar refractivity (Wildman–Crippen MR) is 38.6 cm³/mol. The Morgan fingerprint density at radius 1 is 1.55 bits per heavy atom. The van der Waals surface area contributed by atoms with E-state index in [1.54, 1.807) is 0 Å². The average molecular weight is 182 g/mol. The minimum atomic E-state index is -1.88. The standard InChI is InChI=1S/C6H8FNO2.ClH/c7-6(5(9)10)3-1-8-2-4(3)6;/h3-4,8H,1-2H2,(H,9,10);1H/t3-,4+,6?;. The van der Waals surface area contributed by atoms with Crippen LogP contribution in [-0.2, 0) is 4.79 Å². The van der Waals surface area contributed by atoms with Crippen molar-refractivity contribution < 1.29 is 14.3 Å². The summed E-state index contributed by atoms with van der Waals surface area (Å²) < 4.78 is 13.1. The van der Waals surface area contributed by atoms with Gasteiger partial charge in [0.15, 0.2) is 0 Å². The Balaban J connectivity index is 0.000000605. The van der Waals surface area contributed by atoms with E-state index in [-0.39, 0.29) is 24.2 Å². The van der Waals surface area contributed by atoms with Gasteiger partial charge in [0, 0.05) is 24.9 Å². The summed E-state index contributed by atoms with van der Waals surface area (Å²) in [6.07, 6.45) is 0. The molecule has 0 aromatic heterocycles. The van der Waals surface area contributed by atoms with Crippen LogP contribution in [0.15, 0.2) is 0 Å². The molecule has 0 spiro atoms. The Labute approximate surface area is 69.4 Å². The third-order valence-corrected chi connectivity index (χ3v) is 2.51. The molecule has 1 saturated carbocycles. The molecule has 1 heterocycles. The van der Waals surface area contributed by atoms with Crippen molar-refractivity contribution in [2.45, 2.75) is 5.67 Å². The van der Waals surface area contributed by atoms with Crippen LogP contribution in [0.25, 0.3) is 0 Å². The van der Waals surface area contributed by atoms with Crippen LogP contribution in [0, 0.1) is 11.8 Å². The molecule has 2 fully saturated rings. The van der Waals surface area contributed by atoms with Crippen LogP contribution in [0.2, 0.25) is 0 Å². The van der Waals surface area contributed by atoms with Gasteiger partial charge < -0.3 is 10.4 Å². The van der Waals surface area contributed by atoms with Crippen LogP contribution in [0.5, 0.6) is 0 Å². The van der Waals surface area contributed by atoms with Gasteiger partial charge >= 0.3 is 5.97 Å². The Kier molecular flexibility index (Phi) is 1.84. The van der Waals surface area contributed by atoms with Crippen LogP contribution in [0.4, 0.5) is 4.39 Å². The predicted octanol–water partition coefficient (Wildman–Crippen LogP) is 0.0503. The first-order valence-corrected chi connectivity index (χ1v) is 3.30. The van der Waals surface area contributed by atoms with Crippen LogP contribution in [0.3, 0.4) is 0 Å². The van der Waals surface area contributed by atoms with Crippen LogP contribution >= 0.6 is 12.4 Å². The number of piperidine rings is 1. The molecule has 1 unspecified atom stereocenters. The third-order valence-electron chi connectivity index (χ3n) is 2.51. The molecular weight excluding hydrogens is 173 g/mol. The molecule has 3 atom stereocenters. The molecule has 64 valence electrons. The van der Waals surface area contributed by atoms with Crippen molar-refractivity contribution in [1.29, 1.82) is 0 Å². The highest BCUT2D eigenvalue weighted by molar-refractivity contribution is 5.85. The molecule has 0 bridgehead atoms. The summed E-state index contributed by atoms with van der Waals surface area (Å²) >= 11 is 0. The van der Waals surface area contributed by atoms with E-state index in [4.69, 9.17) is 5.11 Å². The zero-order valence-corrected chi connectivity index (χ0v) is 6.53. The molecule has 1 aliphatic carbocycles. The zero-order valence-electron chi connectivity index (χ0n) is 5.71. The Bertz CT molecular complexity index is 189. The van der Waals surface area contributed by atoms with E-state index in [1.165, 1.54) is 0 Å². The number of alkyl halides is 1. The molecule has 0 amide bonds. The van der Waals surface area contributed by atoms with E-state index in [1.807, 2.05) is 0 Å². The highest BCUT2D eigenvalue weighted by Crippen LogP contribution is 2.55. The molecular formula is C6H9ClFNO2. The Morgan fingerprint density at radius 2 is 2.00 bits per heavy atom. The van der Waals surface area contributed by atoms with Gasteiger partial charge in [0.05, 0.1) is 0 Å². The van der Waals surface area contributed by atoms with E-state index in [0.717, 1.165) is 0 Å². The Morgan fingerprint density at radius 3 is 2.27 bits per heavy atom. The molecule has 0 aromatic carbocycles. The first-order valence-electron chi connectivity index (χ1n) is 3.30. The number of hydrogen-bond donors (Lipinski definition) is 2. The minimum absolute atomic E-state index is 0. The lowest BCUT2D eigenvalue weighted by atomic mass is 10.2. The second-order valence-corrected chi connectivity index (χ2v) is 2.94. The fourth-order valence-corrected chi connectivity index (χ4v) is 1.79. The molecule has 0 aromatic rings. The number of carboxylic acids is 1. The number of hydrogen-bond acceptors (Lipinski definition) is 2. The smallest absolute Gasteiger partial charge is 0.342 e. The summed E-state index contributed by atoms with van der Waals surface area (Å²) in [6.45, 7) is 1.04. The van der Waals surface area contributed by atoms with Crippen molar-refractivity contribution in [3.63, 3.8) is 0 Å². The van der Waals surface area contributed by atoms with Crippen LogP contribution in [0.1, 0.15) is 0 Å². The van der Waals surface area contributed by atoms with Gasteiger partial charge in [-0.05, 0) is 0 Å². The maximum atomic E-state index is 13.1. The second-order valence-electron chi connectivity index (χ2n) is 2.94. The number of carbonyl (C=O) groups is 1. The van der Waals surface area contributed by atoms with Crippen molar-refractivity contribution >= 4 is 18.4 Å². The summed E-state index contributed by atoms with van der Waals surface area (Å²) in [4.78, 5) is 10.3. The highest BCUT2D eigenvalue weighted by atomic mass is 35.5. The SMILES string of the molecule is Cl.O=C(O)C1(F)[C@@H]2CNC[C@@H]21. The van der Waals surface area contributed by atoms with Gasteiger partial charge in [-0.1, -0.05) is 0 Å². The lowest BCUT2D eigenvalue weighted by Gasteiger charge is -2.04. The minimum Gasteiger partial charge on any atom is -0.479 e. The van der Waals surface area contributed by atoms with Crippen LogP contribution < -0.4 is 5.32 Å². The number of fused-ring (bicyclic) bond motifs is 1. The summed E-state index contributed by atoms with van der Waals surface area (Å²) in [5.41, 5.74) is -1.88. The number of carboxylic acid groups (broad SMARTS) is 1. The zero-order chi connectivity index (χ0) is 7.35. The van der Waals surface area contributed by atoms with Gasteiger partial charge in [0.1, 0.15) is 0 Å². The number of aliphatic carboxylic acids is 1. The van der Waals surface area contributed by atoms with E-state index in [2.05, 4.69) is 5.32 Å². The molecule has 2 aliphatic rings. The van der Waals surface area contributed by atoms with Crippen molar-refractivity contribution in [3.05, 3.63) is 0 Å². The first kappa shape index (κ1) is 8.74. The average Bonchev–Trinajstić information content (AvgIpc) is 2.28. The lowest BCUT2D eigenvalue weighted by Crippen LogP contribution is -2.30. The molecule has 3 nitrogen and oxygen atoms in total. The van der Waals surface area contributed by atoms with Gasteiger partial charge in [-0.25, -0.2) is 9.18 Å². The maximum absolute atomic E-state index is 13.1. The van der Waals surface area contributed by atoms with E-state index < -0.39 is 11.6 Å². The number of halogens is 2. The van der Waals surface area contributed by atoms with Gasteiger partial charge in [0.2, 0.25) is 5.67 Å². The second kappa shape index (κ2) is 2.32. The molecule has 5 heteroatoms. The molecule has 11 heavy (non-hydrogen) atoms. The monoisotopic (exact) mass is 181 g/mol. The van der Waals surface area contributed by atoms with Crippen molar-refractivity contribution in [2.24, 2.45) is 11.8 Å². The largest absolute Gasteiger partial charge is 0.479 e. The van der Waals surface area contributed by atoms with Crippen molar-refractivity contribution in [3.8, 4) is 0 Å². The third kappa shape index (κ3) is 0.858. The van der Waals surface area contributed by atoms with Gasteiger partial charge in [-0.3, -0.25) is 0 Å². The van der Waals surface area contributed by atoms with E-state index in [0.29, 0.717) is 13.1 Å². The van der Waals surface area contributed by atoms with Crippen molar-refractivity contribution in [2.75, 3.05) is 13.1 Å². The number of nitrogens with one attached hydrogen (secondary N) is 1. The summed E-state index contributed by atoms with van der Waals surface area (Å²) in [5.74, 6) is -1.81. The molecule has 0 radical (unpaired) electrons.